The molecule has 0 bridgehead atoms. The molecular formula is C15H20N2O. The van der Waals surface area contributed by atoms with E-state index < -0.39 is 0 Å². The van der Waals surface area contributed by atoms with Crippen LogP contribution < -0.4 is 5.73 Å². The van der Waals surface area contributed by atoms with Gasteiger partial charge in [-0.15, -0.1) is 0 Å². The van der Waals surface area contributed by atoms with Gasteiger partial charge in [0.05, 0.1) is 6.20 Å². The summed E-state index contributed by atoms with van der Waals surface area (Å²) >= 11 is 0. The number of benzene rings is 1. The minimum Gasteiger partial charge on any atom is -0.446 e. The predicted octanol–water partition coefficient (Wildman–Crippen LogP) is 2.66. The number of aromatic nitrogens is 1. The number of oxazole rings is 1. The Balaban J connectivity index is 1.88. The Morgan fingerprint density at radius 1 is 1.22 bits per heavy atom. The van der Waals surface area contributed by atoms with Crippen molar-refractivity contribution >= 4 is 0 Å². The van der Waals surface area contributed by atoms with Crippen molar-refractivity contribution in [2.24, 2.45) is 5.73 Å². The van der Waals surface area contributed by atoms with Gasteiger partial charge in [-0.25, -0.2) is 4.98 Å². The third kappa shape index (κ3) is 3.70. The molecule has 0 fully saturated rings. The molecular weight excluding hydrogens is 224 g/mol. The third-order valence-corrected chi connectivity index (χ3v) is 2.94. The maximum absolute atomic E-state index is 5.67. The lowest BCUT2D eigenvalue weighted by atomic mass is 10.1. The lowest BCUT2D eigenvalue weighted by molar-refractivity contribution is 0.450. The number of hydrogen-bond acceptors (Lipinski definition) is 3. The molecule has 0 saturated heterocycles. The van der Waals surface area contributed by atoms with Crippen LogP contribution in [0.1, 0.15) is 29.2 Å². The van der Waals surface area contributed by atoms with E-state index in [1.807, 2.05) is 6.20 Å². The molecule has 0 radical (unpaired) electrons. The van der Waals surface area contributed by atoms with Crippen molar-refractivity contribution < 1.29 is 4.42 Å². The summed E-state index contributed by atoms with van der Waals surface area (Å²) in [6.07, 6.45) is 5.48. The van der Waals surface area contributed by atoms with Crippen LogP contribution in [0, 0.1) is 6.92 Å². The molecule has 2 aromatic rings. The van der Waals surface area contributed by atoms with Crippen molar-refractivity contribution in [3.05, 3.63) is 53.2 Å². The molecule has 1 aromatic heterocycles. The molecule has 1 heterocycles. The Hall–Kier alpha value is -1.61. The molecule has 3 heteroatoms. The average Bonchev–Trinajstić information content (AvgIpc) is 2.82. The van der Waals surface area contributed by atoms with Gasteiger partial charge < -0.3 is 10.2 Å². The zero-order chi connectivity index (χ0) is 12.8. The number of nitrogens with two attached hydrogens (primary N) is 1. The lowest BCUT2D eigenvalue weighted by Crippen LogP contribution is -1.99. The number of rotatable bonds is 6. The van der Waals surface area contributed by atoms with Gasteiger partial charge in [-0.3, -0.25) is 0 Å². The Bertz CT molecular complexity index is 491. The molecule has 0 saturated carbocycles. The van der Waals surface area contributed by atoms with E-state index >= 15 is 0 Å². The first-order valence-electron chi connectivity index (χ1n) is 6.47. The van der Waals surface area contributed by atoms with Crippen molar-refractivity contribution in [2.45, 2.75) is 32.6 Å². The largest absolute Gasteiger partial charge is 0.446 e. The number of nitrogens with zero attached hydrogens (tertiary/aromatic N) is 1. The van der Waals surface area contributed by atoms with E-state index in [1.54, 1.807) is 0 Å². The van der Waals surface area contributed by atoms with Gasteiger partial charge in [-0.1, -0.05) is 29.8 Å². The maximum Gasteiger partial charge on any atom is 0.194 e. The SMILES string of the molecule is Cc1cccc(CCc2ncc(CCCN)o2)c1. The molecule has 0 aliphatic carbocycles. The summed E-state index contributed by atoms with van der Waals surface area (Å²) in [5.41, 5.74) is 8.10. The highest BCUT2D eigenvalue weighted by molar-refractivity contribution is 5.22. The molecule has 2 rings (SSSR count). The molecule has 0 amide bonds. The Morgan fingerprint density at radius 2 is 2.11 bits per heavy atom. The Morgan fingerprint density at radius 3 is 2.89 bits per heavy atom. The van der Waals surface area contributed by atoms with Gasteiger partial charge in [-0.05, 0) is 31.9 Å². The summed E-state index contributed by atoms with van der Waals surface area (Å²) in [4.78, 5) is 4.30. The predicted molar refractivity (Wildman–Crippen MR) is 72.5 cm³/mol. The van der Waals surface area contributed by atoms with E-state index in [2.05, 4.69) is 36.2 Å². The summed E-state index contributed by atoms with van der Waals surface area (Å²) in [6, 6.07) is 8.55. The quantitative estimate of drug-likeness (QED) is 0.850. The monoisotopic (exact) mass is 244 g/mol. The summed E-state index contributed by atoms with van der Waals surface area (Å²) in [7, 11) is 0. The first-order chi connectivity index (χ1) is 8.78. The van der Waals surface area contributed by atoms with Gasteiger partial charge in [0, 0.05) is 12.8 Å². The number of aryl methyl sites for hydroxylation is 4. The first-order valence-corrected chi connectivity index (χ1v) is 6.47. The fraction of sp³-hybridized carbons (Fsp3) is 0.400. The van der Waals surface area contributed by atoms with Crippen LogP contribution in [0.15, 0.2) is 34.9 Å². The average molecular weight is 244 g/mol. The molecule has 0 aliphatic heterocycles. The molecule has 1 aromatic carbocycles. The standard InChI is InChI=1S/C15H20N2O/c1-12-4-2-5-13(10-12)7-8-15-17-11-14(18-15)6-3-9-16/h2,4-5,10-11H,3,6-9,16H2,1H3. The van der Waals surface area contributed by atoms with Crippen molar-refractivity contribution in [3.8, 4) is 0 Å². The second-order valence-corrected chi connectivity index (χ2v) is 4.60. The van der Waals surface area contributed by atoms with Gasteiger partial charge in [0.15, 0.2) is 5.89 Å². The third-order valence-electron chi connectivity index (χ3n) is 2.94. The van der Waals surface area contributed by atoms with Crippen LogP contribution in [0.4, 0.5) is 0 Å². The zero-order valence-corrected chi connectivity index (χ0v) is 10.9. The van der Waals surface area contributed by atoms with Crippen LogP contribution in [0.2, 0.25) is 0 Å². The molecule has 0 aliphatic rings. The van der Waals surface area contributed by atoms with Crippen LogP contribution in [0.3, 0.4) is 0 Å². The van der Waals surface area contributed by atoms with E-state index in [0.717, 1.165) is 37.3 Å². The van der Waals surface area contributed by atoms with Crippen molar-refractivity contribution in [2.75, 3.05) is 6.54 Å². The highest BCUT2D eigenvalue weighted by Crippen LogP contribution is 2.11. The van der Waals surface area contributed by atoms with Gasteiger partial charge in [-0.2, -0.15) is 0 Å². The van der Waals surface area contributed by atoms with E-state index in [9.17, 15) is 0 Å². The molecule has 0 spiro atoms. The fourth-order valence-electron chi connectivity index (χ4n) is 1.97. The minimum atomic E-state index is 0.694. The maximum atomic E-state index is 5.67. The lowest BCUT2D eigenvalue weighted by Gasteiger charge is -2.00. The summed E-state index contributed by atoms with van der Waals surface area (Å²) in [5.74, 6) is 1.77. The van der Waals surface area contributed by atoms with Crippen LogP contribution in [0.5, 0.6) is 0 Å². The van der Waals surface area contributed by atoms with Gasteiger partial charge in [0.25, 0.3) is 0 Å². The smallest absolute Gasteiger partial charge is 0.194 e. The normalized spacial score (nSPS) is 10.8. The van der Waals surface area contributed by atoms with Gasteiger partial charge in [0.2, 0.25) is 0 Å². The van der Waals surface area contributed by atoms with Crippen molar-refractivity contribution in [1.29, 1.82) is 0 Å². The van der Waals surface area contributed by atoms with E-state index in [1.165, 1.54) is 11.1 Å². The first kappa shape index (κ1) is 12.8. The van der Waals surface area contributed by atoms with E-state index in [-0.39, 0.29) is 0 Å². The molecule has 18 heavy (non-hydrogen) atoms. The van der Waals surface area contributed by atoms with Crippen molar-refractivity contribution in [3.63, 3.8) is 0 Å². The van der Waals surface area contributed by atoms with Gasteiger partial charge >= 0.3 is 0 Å². The van der Waals surface area contributed by atoms with Crippen LogP contribution in [-0.4, -0.2) is 11.5 Å². The molecule has 0 unspecified atom stereocenters. The molecule has 3 nitrogen and oxygen atoms in total. The summed E-state index contributed by atoms with van der Waals surface area (Å²) in [5, 5.41) is 0. The van der Waals surface area contributed by atoms with E-state index in [4.69, 9.17) is 10.2 Å². The number of hydrogen-bond donors (Lipinski definition) is 1. The topological polar surface area (TPSA) is 52.0 Å². The minimum absolute atomic E-state index is 0.694. The second-order valence-electron chi connectivity index (χ2n) is 4.60. The molecule has 0 atom stereocenters. The second kappa shape index (κ2) is 6.36. The zero-order valence-electron chi connectivity index (χ0n) is 10.9. The van der Waals surface area contributed by atoms with Crippen LogP contribution >= 0.6 is 0 Å². The molecule has 2 N–H and O–H groups in total. The Kier molecular flexibility index (Phi) is 4.53. The fourth-order valence-corrected chi connectivity index (χ4v) is 1.97. The molecule has 96 valence electrons. The highest BCUT2D eigenvalue weighted by Gasteiger charge is 2.04. The Labute approximate surface area is 108 Å². The highest BCUT2D eigenvalue weighted by atomic mass is 16.4. The van der Waals surface area contributed by atoms with Crippen LogP contribution in [-0.2, 0) is 19.3 Å². The summed E-state index contributed by atoms with van der Waals surface area (Å²) in [6.45, 7) is 2.80. The van der Waals surface area contributed by atoms with Gasteiger partial charge in [0.1, 0.15) is 5.76 Å². The summed E-state index contributed by atoms with van der Waals surface area (Å²) < 4.78 is 5.67. The van der Waals surface area contributed by atoms with Crippen LogP contribution in [0.25, 0.3) is 0 Å². The van der Waals surface area contributed by atoms with Crippen molar-refractivity contribution in [1.82, 2.24) is 4.98 Å². The van der Waals surface area contributed by atoms with E-state index in [0.29, 0.717) is 6.54 Å².